The van der Waals surface area contributed by atoms with Crippen LogP contribution >= 0.6 is 11.6 Å². The van der Waals surface area contributed by atoms with Gasteiger partial charge in [0.1, 0.15) is 35.4 Å². The molecule has 3 amide bonds. The number of amides is 3. The number of aromatic nitrogens is 4. The van der Waals surface area contributed by atoms with Gasteiger partial charge < -0.3 is 49.8 Å². The Balaban J connectivity index is 0.659. The highest BCUT2D eigenvalue weighted by molar-refractivity contribution is 6.31. The van der Waals surface area contributed by atoms with Crippen molar-refractivity contribution in [3.05, 3.63) is 76.7 Å². The Hall–Kier alpha value is -6.29. The van der Waals surface area contributed by atoms with Crippen LogP contribution < -0.4 is 40.1 Å². The maximum absolute atomic E-state index is 13.5. The summed E-state index contributed by atoms with van der Waals surface area (Å²) in [5.74, 6) is 3.17. The first-order valence-electron chi connectivity index (χ1n) is 26.8. The van der Waals surface area contributed by atoms with E-state index in [2.05, 4.69) is 86.3 Å². The molecule has 0 radical (unpaired) electrons. The lowest BCUT2D eigenvalue weighted by Crippen LogP contribution is -2.74. The zero-order valence-corrected chi connectivity index (χ0v) is 45.3. The van der Waals surface area contributed by atoms with Crippen molar-refractivity contribution >= 4 is 58.4 Å². The molecule has 19 heteroatoms. The third kappa shape index (κ3) is 11.5. The SMILES string of the molecule is CC[C@@H]1C(=O)N(C)c2cnc(Nc3ccc(C(=O)NC4CCN(CCOCCC5CCN(c6ncc(C(=O)N[C@H]7C(C)(C)[C@H](Oc8ccc(C#N)c(Cl)c8)C7(C)C)cn6)CC5)CC4)cc3OC)nc2N1C1CCCC1. The molecule has 2 saturated heterocycles. The average Bonchev–Trinajstić information content (AvgIpc) is 3.96. The molecule has 75 heavy (non-hydrogen) atoms. The number of anilines is 5. The Morgan fingerprint density at radius 2 is 1.57 bits per heavy atom. The number of methoxy groups -OCH3 is 1. The fourth-order valence-electron chi connectivity index (χ4n) is 12.4. The van der Waals surface area contributed by atoms with Gasteiger partial charge in [-0.05, 0) is 87.6 Å². The lowest BCUT2D eigenvalue weighted by atomic mass is 9.49. The number of nitrogens with zero attached hydrogens (tertiary/aromatic N) is 9. The number of hydrogen-bond donors (Lipinski definition) is 3. The molecule has 9 rings (SSSR count). The van der Waals surface area contributed by atoms with Crippen LogP contribution in [0.1, 0.15) is 125 Å². The summed E-state index contributed by atoms with van der Waals surface area (Å²) in [5.41, 5.74) is 1.90. The predicted octanol–water partition coefficient (Wildman–Crippen LogP) is 8.18. The molecule has 3 aliphatic heterocycles. The van der Waals surface area contributed by atoms with Gasteiger partial charge in [-0.1, -0.05) is 59.1 Å². The number of piperidine rings is 2. The van der Waals surface area contributed by atoms with Crippen LogP contribution in [-0.4, -0.2) is 133 Å². The van der Waals surface area contributed by atoms with E-state index in [1.54, 1.807) is 68.0 Å². The van der Waals surface area contributed by atoms with E-state index in [1.807, 2.05) is 6.07 Å². The van der Waals surface area contributed by atoms with E-state index in [0.29, 0.717) is 75.4 Å². The number of likely N-dealkylation sites (N-methyl/N-ethyl adjacent to an activating group) is 1. The van der Waals surface area contributed by atoms with Gasteiger partial charge in [-0.3, -0.25) is 14.4 Å². The summed E-state index contributed by atoms with van der Waals surface area (Å²) in [6, 6.07) is 12.4. The van der Waals surface area contributed by atoms with Crippen molar-refractivity contribution in [3.63, 3.8) is 0 Å². The molecule has 5 aliphatic rings. The van der Waals surface area contributed by atoms with Gasteiger partial charge in [0.25, 0.3) is 11.8 Å². The number of hydrogen-bond acceptors (Lipinski definition) is 15. The highest BCUT2D eigenvalue weighted by Gasteiger charge is 2.64. The van der Waals surface area contributed by atoms with Crippen molar-refractivity contribution in [2.24, 2.45) is 16.7 Å². The summed E-state index contributed by atoms with van der Waals surface area (Å²) < 4.78 is 18.3. The van der Waals surface area contributed by atoms with Gasteiger partial charge in [0, 0.05) is 99.4 Å². The Kier molecular flexibility index (Phi) is 16.3. The maximum Gasteiger partial charge on any atom is 0.254 e. The highest BCUT2D eigenvalue weighted by atomic mass is 35.5. The smallest absolute Gasteiger partial charge is 0.254 e. The number of nitrogens with one attached hydrogen (secondary N) is 3. The lowest BCUT2D eigenvalue weighted by molar-refractivity contribution is -0.164. The largest absolute Gasteiger partial charge is 0.495 e. The zero-order chi connectivity index (χ0) is 53.0. The van der Waals surface area contributed by atoms with Crippen molar-refractivity contribution in [1.29, 1.82) is 5.26 Å². The van der Waals surface area contributed by atoms with Crippen LogP contribution in [0.3, 0.4) is 0 Å². The zero-order valence-electron chi connectivity index (χ0n) is 44.5. The molecular formula is C56H73ClN12O6. The molecule has 5 heterocycles. The van der Waals surface area contributed by atoms with Gasteiger partial charge in [-0.15, -0.1) is 0 Å². The van der Waals surface area contributed by atoms with E-state index in [1.165, 1.54) is 0 Å². The molecule has 0 spiro atoms. The molecule has 4 aromatic rings. The minimum absolute atomic E-state index is 0.0726. The number of likely N-dealkylation sites (tertiary alicyclic amines) is 1. The van der Waals surface area contributed by atoms with E-state index in [0.717, 1.165) is 103 Å². The number of ether oxygens (including phenoxy) is 3. The number of halogens is 1. The minimum Gasteiger partial charge on any atom is -0.495 e. The molecule has 2 saturated carbocycles. The topological polar surface area (TPSA) is 203 Å². The van der Waals surface area contributed by atoms with Crippen molar-refractivity contribution < 1.29 is 28.6 Å². The summed E-state index contributed by atoms with van der Waals surface area (Å²) in [6.45, 7) is 16.1. The normalized spacial score (nSPS) is 22.0. The number of benzene rings is 2. The Morgan fingerprint density at radius 1 is 0.867 bits per heavy atom. The molecule has 0 unspecified atom stereocenters. The molecule has 0 bridgehead atoms. The first-order chi connectivity index (χ1) is 36.1. The Bertz CT molecular complexity index is 2720. The highest BCUT2D eigenvalue weighted by Crippen LogP contribution is 2.56. The van der Waals surface area contributed by atoms with Crippen LogP contribution in [0.4, 0.5) is 29.1 Å². The van der Waals surface area contributed by atoms with Crippen molar-refractivity contribution in [2.45, 2.75) is 129 Å². The minimum atomic E-state index is -0.383. The summed E-state index contributed by atoms with van der Waals surface area (Å²) in [6.07, 6.45) is 14.6. The summed E-state index contributed by atoms with van der Waals surface area (Å²) >= 11 is 6.26. The molecule has 2 aromatic heterocycles. The predicted molar refractivity (Wildman–Crippen MR) is 289 cm³/mol. The number of nitriles is 1. The quantitative estimate of drug-likeness (QED) is 0.0805. The molecule has 400 valence electrons. The van der Waals surface area contributed by atoms with Gasteiger partial charge in [0.05, 0.1) is 41.8 Å². The van der Waals surface area contributed by atoms with Gasteiger partial charge in [-0.2, -0.15) is 10.2 Å². The van der Waals surface area contributed by atoms with Crippen LogP contribution in [0.15, 0.2) is 55.0 Å². The van der Waals surface area contributed by atoms with E-state index in [9.17, 15) is 19.6 Å². The molecular weight excluding hydrogens is 972 g/mol. The maximum atomic E-state index is 13.5. The molecule has 3 N–H and O–H groups in total. The molecule has 4 fully saturated rings. The van der Waals surface area contributed by atoms with Crippen molar-refractivity contribution in [1.82, 2.24) is 35.5 Å². The second-order valence-corrected chi connectivity index (χ2v) is 22.5. The molecule has 2 aliphatic carbocycles. The number of rotatable bonds is 18. The standard InChI is InChI=1S/C56H73ClN12O6/c1-8-44-50(72)66(6)45-34-59-53(64-47(45)69(44)40-11-9-10-12-40)63-43-16-14-36(29-46(43)73-7)48(70)62-39-19-22-67(23-20-39)26-28-74-27-21-35-17-24-68(25-18-35)54-60-32-38(33-61-54)49(71)65-51-55(2,3)52(56(51,4)5)75-41-15-13-37(31-58)42(57)30-41/h13-16,29-30,32-35,39-40,44,51-52H,8-12,17-28H2,1-7H3,(H,62,70)(H,65,71)(H,59,63,64)/t44-,51-,52-/m1/s1. The lowest BCUT2D eigenvalue weighted by Gasteiger charge is -2.63. The Morgan fingerprint density at radius 3 is 2.24 bits per heavy atom. The van der Waals surface area contributed by atoms with Crippen molar-refractivity contribution in [3.8, 4) is 17.6 Å². The monoisotopic (exact) mass is 1040 g/mol. The molecule has 1 atom stereocenters. The first-order valence-corrected chi connectivity index (χ1v) is 27.2. The average molecular weight is 1050 g/mol. The first kappa shape index (κ1) is 53.5. The number of fused-ring (bicyclic) bond motifs is 1. The third-order valence-electron chi connectivity index (χ3n) is 16.5. The molecule has 2 aromatic carbocycles. The van der Waals surface area contributed by atoms with Gasteiger partial charge in [0.15, 0.2) is 5.82 Å². The number of carbonyl (C=O) groups is 3. The van der Waals surface area contributed by atoms with Gasteiger partial charge >= 0.3 is 0 Å². The van der Waals surface area contributed by atoms with E-state index in [-0.39, 0.29) is 58.8 Å². The Labute approximate surface area is 446 Å². The van der Waals surface area contributed by atoms with Gasteiger partial charge in [-0.25, -0.2) is 15.0 Å². The fourth-order valence-corrected chi connectivity index (χ4v) is 12.7. The van der Waals surface area contributed by atoms with E-state index < -0.39 is 0 Å². The van der Waals surface area contributed by atoms with Crippen LogP contribution in [0.2, 0.25) is 5.02 Å². The summed E-state index contributed by atoms with van der Waals surface area (Å²) in [7, 11) is 3.38. The summed E-state index contributed by atoms with van der Waals surface area (Å²) in [4.78, 5) is 67.5. The molecule has 18 nitrogen and oxygen atoms in total. The van der Waals surface area contributed by atoms with Crippen LogP contribution in [-0.2, 0) is 9.53 Å². The van der Waals surface area contributed by atoms with Crippen LogP contribution in [0.5, 0.6) is 11.5 Å². The van der Waals surface area contributed by atoms with E-state index >= 15 is 0 Å². The van der Waals surface area contributed by atoms with Crippen molar-refractivity contribution in [2.75, 3.05) is 80.1 Å². The second kappa shape index (κ2) is 22.9. The number of carbonyl (C=O) groups excluding carboxylic acids is 3. The van der Waals surface area contributed by atoms with Crippen LogP contribution in [0, 0.1) is 28.1 Å². The van der Waals surface area contributed by atoms with E-state index in [4.69, 9.17) is 30.8 Å². The fraction of sp³-hybridized carbons (Fsp3) is 0.571. The summed E-state index contributed by atoms with van der Waals surface area (Å²) in [5, 5.41) is 19.4. The van der Waals surface area contributed by atoms with Gasteiger partial charge in [0.2, 0.25) is 17.8 Å². The second-order valence-electron chi connectivity index (χ2n) is 22.1. The van der Waals surface area contributed by atoms with Crippen LogP contribution in [0.25, 0.3) is 0 Å². The third-order valence-corrected chi connectivity index (χ3v) is 16.8.